The lowest BCUT2D eigenvalue weighted by molar-refractivity contribution is -0.896. The van der Waals surface area contributed by atoms with Gasteiger partial charge in [-0.15, -0.1) is 11.3 Å². The number of fused-ring (bicyclic) bond motifs is 1. The van der Waals surface area contributed by atoms with Crippen molar-refractivity contribution in [2.75, 3.05) is 32.1 Å². The third kappa shape index (κ3) is 4.28. The molecule has 6 heteroatoms. The summed E-state index contributed by atoms with van der Waals surface area (Å²) in [5, 5.41) is 3.98. The van der Waals surface area contributed by atoms with Gasteiger partial charge >= 0.3 is 0 Å². The summed E-state index contributed by atoms with van der Waals surface area (Å²) in [6.07, 6.45) is 3.75. The Morgan fingerprint density at radius 1 is 1.15 bits per heavy atom. The molecule has 1 aliphatic rings. The third-order valence-corrected chi connectivity index (χ3v) is 6.05. The Hall–Kier alpha value is -2.44. The fourth-order valence-electron chi connectivity index (χ4n) is 3.51. The summed E-state index contributed by atoms with van der Waals surface area (Å²) in [5.74, 6) is 0.929. The molecule has 5 nitrogen and oxygen atoms in total. The Bertz CT molecular complexity index is 930. The molecule has 1 amide bonds. The monoisotopic (exact) mass is 382 g/mol. The molecule has 1 aliphatic heterocycles. The van der Waals surface area contributed by atoms with Crippen LogP contribution in [0, 0.1) is 0 Å². The summed E-state index contributed by atoms with van der Waals surface area (Å²) in [6, 6.07) is 13.8. The van der Waals surface area contributed by atoms with Gasteiger partial charge in [0.15, 0.2) is 6.54 Å². The first-order valence-electron chi connectivity index (χ1n) is 9.40. The zero-order valence-electron chi connectivity index (χ0n) is 15.5. The maximum atomic E-state index is 12.3. The number of ether oxygens (including phenoxy) is 1. The van der Waals surface area contributed by atoms with Gasteiger partial charge in [-0.3, -0.25) is 4.79 Å². The second-order valence-corrected chi connectivity index (χ2v) is 8.00. The maximum Gasteiger partial charge on any atom is 0.279 e. The molecular weight excluding hydrogens is 358 g/mol. The van der Waals surface area contributed by atoms with Crippen LogP contribution >= 0.6 is 11.3 Å². The van der Waals surface area contributed by atoms with Crippen molar-refractivity contribution in [2.45, 2.75) is 19.3 Å². The number of carbonyl (C=O) groups excluding carboxylic acids is 1. The lowest BCUT2D eigenvalue weighted by Crippen LogP contribution is -3.13. The van der Waals surface area contributed by atoms with E-state index in [1.165, 1.54) is 24.2 Å². The Kier molecular flexibility index (Phi) is 5.36. The van der Waals surface area contributed by atoms with Crippen LogP contribution in [0.3, 0.4) is 0 Å². The number of benzene rings is 2. The number of aromatic nitrogens is 1. The Morgan fingerprint density at radius 2 is 1.93 bits per heavy atom. The number of rotatable bonds is 5. The quantitative estimate of drug-likeness (QED) is 0.713. The van der Waals surface area contributed by atoms with Crippen LogP contribution in [0.25, 0.3) is 20.8 Å². The molecule has 3 aromatic rings. The molecule has 0 spiro atoms. The topological polar surface area (TPSA) is 55.7 Å². The molecule has 0 bridgehead atoms. The minimum absolute atomic E-state index is 0.0896. The average Bonchev–Trinajstić information content (AvgIpc) is 3.12. The number of piperidine rings is 1. The van der Waals surface area contributed by atoms with Gasteiger partial charge in [-0.2, -0.15) is 0 Å². The summed E-state index contributed by atoms with van der Waals surface area (Å²) in [6.45, 7) is 2.77. The molecule has 1 saturated heterocycles. The number of likely N-dealkylation sites (tertiary alicyclic amines) is 1. The van der Waals surface area contributed by atoms with E-state index in [-0.39, 0.29) is 5.91 Å². The van der Waals surface area contributed by atoms with E-state index in [1.54, 1.807) is 18.4 Å². The third-order valence-electron chi connectivity index (χ3n) is 4.98. The van der Waals surface area contributed by atoms with Crippen molar-refractivity contribution in [1.29, 1.82) is 0 Å². The molecule has 0 atom stereocenters. The van der Waals surface area contributed by atoms with Crippen molar-refractivity contribution < 1.29 is 14.4 Å². The molecule has 27 heavy (non-hydrogen) atoms. The molecule has 2 aromatic carbocycles. The number of anilines is 1. The van der Waals surface area contributed by atoms with Crippen molar-refractivity contribution in [3.05, 3.63) is 42.5 Å². The van der Waals surface area contributed by atoms with Crippen LogP contribution in [0.5, 0.6) is 5.75 Å². The minimum atomic E-state index is 0.0896. The Balaban J connectivity index is 1.43. The van der Waals surface area contributed by atoms with Crippen LogP contribution in [0.2, 0.25) is 0 Å². The first-order valence-corrected chi connectivity index (χ1v) is 10.2. The number of carbonyl (C=O) groups is 1. The van der Waals surface area contributed by atoms with Gasteiger partial charge in [-0.05, 0) is 61.7 Å². The van der Waals surface area contributed by atoms with E-state index in [0.29, 0.717) is 6.54 Å². The standard InChI is InChI=1S/C21H23N3O2S/c1-26-17-9-10-18-19(13-17)27-21(23-18)15-5-7-16(8-6-15)22-20(25)14-24-11-3-2-4-12-24/h5-10,13H,2-4,11-12,14H2,1H3,(H,22,25)/p+1. The number of hydrogen-bond donors (Lipinski definition) is 2. The van der Waals surface area contributed by atoms with Crippen LogP contribution in [-0.4, -0.2) is 37.6 Å². The number of hydrogen-bond acceptors (Lipinski definition) is 4. The van der Waals surface area contributed by atoms with Gasteiger partial charge in [0.1, 0.15) is 10.8 Å². The van der Waals surface area contributed by atoms with E-state index in [1.807, 2.05) is 42.5 Å². The van der Waals surface area contributed by atoms with Gasteiger partial charge in [0.25, 0.3) is 5.91 Å². The first kappa shape index (κ1) is 17.9. The van der Waals surface area contributed by atoms with Crippen molar-refractivity contribution in [3.8, 4) is 16.3 Å². The van der Waals surface area contributed by atoms with Crippen LogP contribution in [0.15, 0.2) is 42.5 Å². The van der Waals surface area contributed by atoms with E-state index in [4.69, 9.17) is 9.72 Å². The van der Waals surface area contributed by atoms with E-state index in [0.717, 1.165) is 45.3 Å². The van der Waals surface area contributed by atoms with Crippen molar-refractivity contribution in [1.82, 2.24) is 4.98 Å². The smallest absolute Gasteiger partial charge is 0.279 e. The van der Waals surface area contributed by atoms with E-state index < -0.39 is 0 Å². The fourth-order valence-corrected chi connectivity index (χ4v) is 4.51. The highest BCUT2D eigenvalue weighted by Crippen LogP contribution is 2.32. The highest BCUT2D eigenvalue weighted by Gasteiger charge is 2.17. The molecule has 140 valence electrons. The molecule has 0 unspecified atom stereocenters. The SMILES string of the molecule is COc1ccc2nc(-c3ccc(NC(=O)C[NH+]4CCCCC4)cc3)sc2c1. The zero-order chi connectivity index (χ0) is 18.6. The summed E-state index contributed by atoms with van der Waals surface area (Å²) in [7, 11) is 1.67. The molecular formula is C21H24N3O2S+. The molecule has 0 radical (unpaired) electrons. The van der Waals surface area contributed by atoms with Crippen molar-refractivity contribution in [2.24, 2.45) is 0 Å². The van der Waals surface area contributed by atoms with Gasteiger partial charge < -0.3 is 15.0 Å². The Labute approximate surface area is 163 Å². The predicted octanol–water partition coefficient (Wildman–Crippen LogP) is 2.98. The normalized spacial score (nSPS) is 15.0. The first-order chi connectivity index (χ1) is 13.2. The van der Waals surface area contributed by atoms with Gasteiger partial charge in [0.2, 0.25) is 0 Å². The van der Waals surface area contributed by atoms with Crippen LogP contribution in [0.4, 0.5) is 5.69 Å². The second kappa shape index (κ2) is 8.06. The van der Waals surface area contributed by atoms with Gasteiger partial charge in [0, 0.05) is 11.3 Å². The number of quaternary nitrogens is 1. The minimum Gasteiger partial charge on any atom is -0.497 e. The predicted molar refractivity (Wildman–Crippen MR) is 110 cm³/mol. The number of thiazole rings is 1. The van der Waals surface area contributed by atoms with Crippen LogP contribution < -0.4 is 15.0 Å². The van der Waals surface area contributed by atoms with Crippen molar-refractivity contribution in [3.63, 3.8) is 0 Å². The van der Waals surface area contributed by atoms with E-state index >= 15 is 0 Å². The molecule has 2 N–H and O–H groups in total. The van der Waals surface area contributed by atoms with Gasteiger partial charge in [-0.1, -0.05) is 0 Å². The molecule has 4 rings (SSSR count). The maximum absolute atomic E-state index is 12.3. The lowest BCUT2D eigenvalue weighted by Gasteiger charge is -2.22. The number of methoxy groups -OCH3 is 1. The highest BCUT2D eigenvalue weighted by molar-refractivity contribution is 7.21. The largest absolute Gasteiger partial charge is 0.497 e. The highest BCUT2D eigenvalue weighted by atomic mass is 32.1. The van der Waals surface area contributed by atoms with Crippen LogP contribution in [-0.2, 0) is 4.79 Å². The average molecular weight is 383 g/mol. The Morgan fingerprint density at radius 3 is 2.67 bits per heavy atom. The number of nitrogens with one attached hydrogen (secondary N) is 2. The molecule has 0 saturated carbocycles. The molecule has 2 heterocycles. The second-order valence-electron chi connectivity index (χ2n) is 6.97. The van der Waals surface area contributed by atoms with Crippen molar-refractivity contribution >= 4 is 33.1 Å². The summed E-state index contributed by atoms with van der Waals surface area (Å²) >= 11 is 1.64. The summed E-state index contributed by atoms with van der Waals surface area (Å²) in [4.78, 5) is 18.3. The van der Waals surface area contributed by atoms with Crippen LogP contribution in [0.1, 0.15) is 19.3 Å². The number of amides is 1. The summed E-state index contributed by atoms with van der Waals surface area (Å²) in [5.41, 5.74) is 2.86. The molecule has 1 fully saturated rings. The zero-order valence-corrected chi connectivity index (χ0v) is 16.3. The lowest BCUT2D eigenvalue weighted by atomic mass is 10.1. The fraction of sp³-hybridized carbons (Fsp3) is 0.333. The van der Waals surface area contributed by atoms with E-state index in [2.05, 4.69) is 5.32 Å². The molecule has 0 aliphatic carbocycles. The number of nitrogens with zero attached hydrogens (tertiary/aromatic N) is 1. The summed E-state index contributed by atoms with van der Waals surface area (Å²) < 4.78 is 6.38. The van der Waals surface area contributed by atoms with Gasteiger partial charge in [0.05, 0.1) is 30.4 Å². The van der Waals surface area contributed by atoms with Gasteiger partial charge in [-0.25, -0.2) is 4.98 Å². The molecule has 1 aromatic heterocycles. The van der Waals surface area contributed by atoms with E-state index in [9.17, 15) is 4.79 Å².